The zero-order valence-electron chi connectivity index (χ0n) is 16.8. The van der Waals surface area contributed by atoms with E-state index in [0.717, 1.165) is 38.0 Å². The molecule has 3 rings (SSSR count). The Morgan fingerprint density at radius 3 is 2.48 bits per heavy atom. The van der Waals surface area contributed by atoms with Crippen LogP contribution in [0.4, 0.5) is 0 Å². The minimum Gasteiger partial charge on any atom is -0.494 e. The lowest BCUT2D eigenvalue weighted by molar-refractivity contribution is 0.340. The number of nitrogens with two attached hydrogens (primary N) is 1. The van der Waals surface area contributed by atoms with Crippen LogP contribution >= 0.6 is 0 Å². The second-order valence-corrected chi connectivity index (χ2v) is 7.30. The molecule has 3 heteroatoms. The SMILES string of the molecule is CCOc1ccc(-c2[nH]c3ccc(C(C)CC)cc3c2CCCCN)cc1. The number of hydrogen-bond donors (Lipinski definition) is 2. The summed E-state index contributed by atoms with van der Waals surface area (Å²) < 4.78 is 5.60. The molecule has 1 heterocycles. The Morgan fingerprint density at radius 1 is 1.04 bits per heavy atom. The molecule has 1 aromatic heterocycles. The molecule has 0 bridgehead atoms. The van der Waals surface area contributed by atoms with Gasteiger partial charge in [0.25, 0.3) is 0 Å². The molecule has 144 valence electrons. The van der Waals surface area contributed by atoms with E-state index in [1.807, 2.05) is 6.92 Å². The summed E-state index contributed by atoms with van der Waals surface area (Å²) in [6.07, 6.45) is 4.37. The predicted molar refractivity (Wildman–Crippen MR) is 116 cm³/mol. The highest BCUT2D eigenvalue weighted by molar-refractivity contribution is 5.91. The number of hydrogen-bond acceptors (Lipinski definition) is 2. The Balaban J connectivity index is 2.05. The van der Waals surface area contributed by atoms with Gasteiger partial charge in [-0.2, -0.15) is 0 Å². The van der Waals surface area contributed by atoms with Crippen molar-refractivity contribution in [3.8, 4) is 17.0 Å². The molecular weight excluding hydrogens is 332 g/mol. The molecule has 0 saturated heterocycles. The van der Waals surface area contributed by atoms with Crippen molar-refractivity contribution in [2.24, 2.45) is 5.73 Å². The first-order chi connectivity index (χ1) is 13.2. The highest BCUT2D eigenvalue weighted by Crippen LogP contribution is 2.34. The number of fused-ring (bicyclic) bond motifs is 1. The molecule has 27 heavy (non-hydrogen) atoms. The lowest BCUT2D eigenvalue weighted by Gasteiger charge is -2.10. The van der Waals surface area contributed by atoms with Crippen molar-refractivity contribution in [2.75, 3.05) is 13.2 Å². The van der Waals surface area contributed by atoms with Crippen LogP contribution in [0.1, 0.15) is 57.1 Å². The lowest BCUT2D eigenvalue weighted by atomic mass is 9.94. The molecule has 1 atom stereocenters. The molecule has 0 aliphatic rings. The zero-order valence-corrected chi connectivity index (χ0v) is 16.8. The number of nitrogens with one attached hydrogen (secondary N) is 1. The van der Waals surface area contributed by atoms with Gasteiger partial charge in [-0.1, -0.05) is 19.9 Å². The van der Waals surface area contributed by atoms with Crippen LogP contribution in [0, 0.1) is 0 Å². The number of ether oxygens (including phenoxy) is 1. The van der Waals surface area contributed by atoms with Crippen molar-refractivity contribution in [1.29, 1.82) is 0 Å². The van der Waals surface area contributed by atoms with E-state index in [1.54, 1.807) is 0 Å². The van der Waals surface area contributed by atoms with E-state index < -0.39 is 0 Å². The molecule has 0 saturated carbocycles. The van der Waals surface area contributed by atoms with Crippen LogP contribution in [0.5, 0.6) is 5.75 Å². The number of aryl methyl sites for hydroxylation is 1. The molecule has 3 nitrogen and oxygen atoms in total. The molecule has 0 fully saturated rings. The second-order valence-electron chi connectivity index (χ2n) is 7.30. The van der Waals surface area contributed by atoms with Crippen molar-refractivity contribution in [3.63, 3.8) is 0 Å². The minimum atomic E-state index is 0.579. The lowest BCUT2D eigenvalue weighted by Crippen LogP contribution is -1.99. The van der Waals surface area contributed by atoms with Gasteiger partial charge in [-0.05, 0) is 98.2 Å². The van der Waals surface area contributed by atoms with Crippen LogP contribution in [0.3, 0.4) is 0 Å². The van der Waals surface area contributed by atoms with E-state index in [2.05, 4.69) is 61.3 Å². The Hall–Kier alpha value is -2.26. The molecule has 3 N–H and O–H groups in total. The molecule has 3 aromatic rings. The Labute approximate surface area is 162 Å². The first-order valence-corrected chi connectivity index (χ1v) is 10.3. The Morgan fingerprint density at radius 2 is 1.81 bits per heavy atom. The maximum Gasteiger partial charge on any atom is 0.119 e. The fourth-order valence-electron chi connectivity index (χ4n) is 3.64. The summed E-state index contributed by atoms with van der Waals surface area (Å²) in [5.74, 6) is 1.50. The van der Waals surface area contributed by atoms with E-state index in [1.165, 1.54) is 33.3 Å². The smallest absolute Gasteiger partial charge is 0.119 e. The van der Waals surface area contributed by atoms with Crippen LogP contribution < -0.4 is 10.5 Å². The van der Waals surface area contributed by atoms with Crippen LogP contribution in [0.25, 0.3) is 22.2 Å². The van der Waals surface area contributed by atoms with Gasteiger partial charge in [0.15, 0.2) is 0 Å². The second kappa shape index (κ2) is 9.09. The third-order valence-corrected chi connectivity index (χ3v) is 5.45. The number of aromatic nitrogens is 1. The maximum absolute atomic E-state index is 5.74. The predicted octanol–water partition coefficient (Wildman–Crippen LogP) is 6.03. The molecule has 0 aliphatic carbocycles. The van der Waals surface area contributed by atoms with Crippen molar-refractivity contribution < 1.29 is 4.74 Å². The minimum absolute atomic E-state index is 0.579. The number of rotatable bonds is 9. The van der Waals surface area contributed by atoms with Gasteiger partial charge in [-0.25, -0.2) is 0 Å². The highest BCUT2D eigenvalue weighted by atomic mass is 16.5. The standard InChI is InChI=1S/C24H32N2O/c1-4-17(3)19-11-14-23-22(16-19)21(8-6-7-15-25)24(26-23)18-9-12-20(13-10-18)27-5-2/h9-14,16-17,26H,4-8,15,25H2,1-3H3. The van der Waals surface area contributed by atoms with E-state index in [4.69, 9.17) is 10.5 Å². The molecule has 0 spiro atoms. The normalized spacial score (nSPS) is 12.4. The van der Waals surface area contributed by atoms with Crippen molar-refractivity contribution >= 4 is 10.9 Å². The molecule has 0 amide bonds. The summed E-state index contributed by atoms with van der Waals surface area (Å²) in [7, 11) is 0. The van der Waals surface area contributed by atoms with E-state index >= 15 is 0 Å². The number of benzene rings is 2. The highest BCUT2D eigenvalue weighted by Gasteiger charge is 2.15. The Bertz CT molecular complexity index is 864. The number of aromatic amines is 1. The summed E-state index contributed by atoms with van der Waals surface area (Å²) >= 11 is 0. The van der Waals surface area contributed by atoms with Crippen LogP contribution in [0.2, 0.25) is 0 Å². The average Bonchev–Trinajstić information content (AvgIpc) is 3.06. The van der Waals surface area contributed by atoms with Gasteiger partial charge in [0.05, 0.1) is 6.61 Å². The summed E-state index contributed by atoms with van der Waals surface area (Å²) in [4.78, 5) is 3.67. The van der Waals surface area contributed by atoms with Gasteiger partial charge in [0.1, 0.15) is 5.75 Å². The molecule has 1 unspecified atom stereocenters. The first kappa shape index (κ1) is 19.5. The summed E-state index contributed by atoms with van der Waals surface area (Å²) in [6, 6.07) is 15.3. The molecule has 0 aliphatic heterocycles. The first-order valence-electron chi connectivity index (χ1n) is 10.3. The van der Waals surface area contributed by atoms with Crippen molar-refractivity contribution in [2.45, 2.75) is 52.4 Å². The molecule has 0 radical (unpaired) electrons. The van der Waals surface area contributed by atoms with Crippen molar-refractivity contribution in [1.82, 2.24) is 4.98 Å². The van der Waals surface area contributed by atoms with Crippen LogP contribution in [-0.4, -0.2) is 18.1 Å². The van der Waals surface area contributed by atoms with Gasteiger partial charge in [0, 0.05) is 16.6 Å². The summed E-state index contributed by atoms with van der Waals surface area (Å²) in [5.41, 5.74) is 12.2. The summed E-state index contributed by atoms with van der Waals surface area (Å²) in [5, 5.41) is 1.36. The monoisotopic (exact) mass is 364 g/mol. The van der Waals surface area contributed by atoms with Gasteiger partial charge in [-0.3, -0.25) is 0 Å². The molecular formula is C24H32N2O. The van der Waals surface area contributed by atoms with E-state index in [-0.39, 0.29) is 0 Å². The van der Waals surface area contributed by atoms with Crippen LogP contribution in [0.15, 0.2) is 42.5 Å². The van der Waals surface area contributed by atoms with Gasteiger partial charge in [-0.15, -0.1) is 0 Å². The Kier molecular flexibility index (Phi) is 6.57. The average molecular weight is 365 g/mol. The van der Waals surface area contributed by atoms with Crippen LogP contribution in [-0.2, 0) is 6.42 Å². The quantitative estimate of drug-likeness (QED) is 0.456. The zero-order chi connectivity index (χ0) is 19.2. The van der Waals surface area contributed by atoms with Gasteiger partial charge < -0.3 is 15.5 Å². The number of unbranched alkanes of at least 4 members (excludes halogenated alkanes) is 1. The van der Waals surface area contributed by atoms with E-state index in [9.17, 15) is 0 Å². The largest absolute Gasteiger partial charge is 0.494 e. The topological polar surface area (TPSA) is 51.0 Å². The van der Waals surface area contributed by atoms with Crippen molar-refractivity contribution in [3.05, 3.63) is 53.6 Å². The fourth-order valence-corrected chi connectivity index (χ4v) is 3.64. The van der Waals surface area contributed by atoms with E-state index in [0.29, 0.717) is 12.5 Å². The molecule has 2 aromatic carbocycles. The maximum atomic E-state index is 5.74. The summed E-state index contributed by atoms with van der Waals surface area (Å²) in [6.45, 7) is 8.00. The van der Waals surface area contributed by atoms with Gasteiger partial charge >= 0.3 is 0 Å². The third-order valence-electron chi connectivity index (χ3n) is 5.45. The fraction of sp³-hybridized carbons (Fsp3) is 0.417. The van der Waals surface area contributed by atoms with Gasteiger partial charge in [0.2, 0.25) is 0 Å². The number of H-pyrrole nitrogens is 1. The third kappa shape index (κ3) is 4.36.